The van der Waals surface area contributed by atoms with Crippen molar-refractivity contribution >= 4 is 5.78 Å². The topological polar surface area (TPSA) is 57.5 Å². The number of rotatable bonds is 1. The summed E-state index contributed by atoms with van der Waals surface area (Å²) in [6.07, 6.45) is 10.4. The minimum Gasteiger partial charge on any atom is -0.396 e. The molecule has 0 aromatic carbocycles. The van der Waals surface area contributed by atoms with E-state index in [9.17, 15) is 15.0 Å². The lowest BCUT2D eigenvalue weighted by Crippen LogP contribution is -2.71. The highest BCUT2D eigenvalue weighted by Gasteiger charge is 2.73. The summed E-state index contributed by atoms with van der Waals surface area (Å²) in [7, 11) is 0. The van der Waals surface area contributed by atoms with Crippen LogP contribution in [0, 0.1) is 56.2 Å². The van der Waals surface area contributed by atoms with Crippen LogP contribution in [0.4, 0.5) is 0 Å². The van der Waals surface area contributed by atoms with Gasteiger partial charge in [0.2, 0.25) is 0 Å². The molecule has 0 radical (unpaired) electrons. The zero-order valence-corrected chi connectivity index (χ0v) is 22.5. The van der Waals surface area contributed by atoms with Crippen molar-refractivity contribution in [3.8, 4) is 0 Å². The van der Waals surface area contributed by atoms with Crippen LogP contribution in [0.3, 0.4) is 0 Å². The van der Waals surface area contributed by atoms with Gasteiger partial charge in [0.15, 0.2) is 0 Å². The number of carbonyl (C=O) groups excluding carboxylic acids is 1. The van der Waals surface area contributed by atoms with Gasteiger partial charge >= 0.3 is 0 Å². The van der Waals surface area contributed by atoms with Gasteiger partial charge in [-0.2, -0.15) is 0 Å². The summed E-state index contributed by atoms with van der Waals surface area (Å²) in [5.41, 5.74) is 0.495. The third kappa shape index (κ3) is 2.85. The lowest BCUT2D eigenvalue weighted by atomic mass is 9.29. The second-order valence-corrected chi connectivity index (χ2v) is 15.3. The van der Waals surface area contributed by atoms with E-state index in [4.69, 9.17) is 0 Å². The predicted octanol–water partition coefficient (Wildman–Crippen LogP) is 6.40. The molecule has 5 aliphatic carbocycles. The van der Waals surface area contributed by atoms with Crippen molar-refractivity contribution < 1.29 is 15.0 Å². The molecule has 0 aromatic heterocycles. The van der Waals surface area contributed by atoms with Crippen molar-refractivity contribution in [1.29, 1.82) is 0 Å². The Hall–Kier alpha value is -0.410. The minimum atomic E-state index is -0.457. The van der Waals surface area contributed by atoms with Gasteiger partial charge in [0.1, 0.15) is 5.78 Å². The Morgan fingerprint density at radius 2 is 1.55 bits per heavy atom. The zero-order valence-electron chi connectivity index (χ0n) is 22.5. The van der Waals surface area contributed by atoms with Crippen LogP contribution in [0.15, 0.2) is 0 Å². The standard InChI is InChI=1S/C30H50O3/c1-19-20(32)8-9-21-27(5)13-14-28(6)23-17-25(2,3)10-11-26(23,4)12-15-30(28,18-31)22(27)16-24(33)29(19,21)7/h19,21-24,31,33H,8-18H2,1-7H3. The van der Waals surface area contributed by atoms with Gasteiger partial charge in [-0.25, -0.2) is 0 Å². The molecule has 5 saturated carbocycles. The van der Waals surface area contributed by atoms with E-state index in [0.717, 1.165) is 19.3 Å². The first-order valence-electron chi connectivity index (χ1n) is 14.0. The Kier molecular flexibility index (Phi) is 5.22. The molecule has 0 bridgehead atoms. The summed E-state index contributed by atoms with van der Waals surface area (Å²) >= 11 is 0. The van der Waals surface area contributed by atoms with Crippen LogP contribution in [-0.4, -0.2) is 28.7 Å². The molecular formula is C30H50O3. The van der Waals surface area contributed by atoms with Gasteiger partial charge in [0.25, 0.3) is 0 Å². The quantitative estimate of drug-likeness (QED) is 0.478. The zero-order chi connectivity index (χ0) is 24.2. The third-order valence-electron chi connectivity index (χ3n) is 13.8. The Morgan fingerprint density at radius 3 is 2.21 bits per heavy atom. The molecule has 10 atom stereocenters. The van der Waals surface area contributed by atoms with Gasteiger partial charge in [0, 0.05) is 29.8 Å². The lowest BCUT2D eigenvalue weighted by Gasteiger charge is -2.75. The first-order valence-corrected chi connectivity index (χ1v) is 14.0. The molecule has 0 saturated heterocycles. The molecular weight excluding hydrogens is 408 g/mol. The van der Waals surface area contributed by atoms with Crippen LogP contribution in [-0.2, 0) is 4.79 Å². The Balaban J connectivity index is 1.61. The fraction of sp³-hybridized carbons (Fsp3) is 0.967. The smallest absolute Gasteiger partial charge is 0.136 e. The Morgan fingerprint density at radius 1 is 0.879 bits per heavy atom. The van der Waals surface area contributed by atoms with Gasteiger partial charge in [-0.1, -0.05) is 48.5 Å². The van der Waals surface area contributed by atoms with Crippen LogP contribution < -0.4 is 0 Å². The molecule has 0 aromatic rings. The van der Waals surface area contributed by atoms with E-state index in [-0.39, 0.29) is 34.2 Å². The summed E-state index contributed by atoms with van der Waals surface area (Å²) in [5, 5.41) is 23.0. The lowest BCUT2D eigenvalue weighted by molar-refractivity contribution is -0.288. The average molecular weight is 459 g/mol. The van der Waals surface area contributed by atoms with Gasteiger partial charge in [-0.15, -0.1) is 0 Å². The van der Waals surface area contributed by atoms with Crippen molar-refractivity contribution in [2.24, 2.45) is 56.2 Å². The minimum absolute atomic E-state index is 0.0730. The second-order valence-electron chi connectivity index (χ2n) is 15.3. The Labute approximate surface area is 202 Å². The number of hydrogen-bond acceptors (Lipinski definition) is 3. The second kappa shape index (κ2) is 7.09. The average Bonchev–Trinajstić information content (AvgIpc) is 2.75. The summed E-state index contributed by atoms with van der Waals surface area (Å²) in [6, 6.07) is 0. The van der Waals surface area contributed by atoms with E-state index < -0.39 is 6.10 Å². The van der Waals surface area contributed by atoms with Crippen molar-refractivity contribution in [3.05, 3.63) is 0 Å². The monoisotopic (exact) mass is 458 g/mol. The summed E-state index contributed by atoms with van der Waals surface area (Å²) in [5.74, 6) is 1.59. The molecule has 10 unspecified atom stereocenters. The summed E-state index contributed by atoms with van der Waals surface area (Å²) in [6.45, 7) is 17.0. The maximum Gasteiger partial charge on any atom is 0.136 e. The number of aliphatic hydroxyl groups is 2. The van der Waals surface area contributed by atoms with Crippen LogP contribution in [0.1, 0.15) is 113 Å². The van der Waals surface area contributed by atoms with Crippen molar-refractivity contribution in [3.63, 3.8) is 0 Å². The van der Waals surface area contributed by atoms with Gasteiger partial charge in [0.05, 0.1) is 6.10 Å². The van der Waals surface area contributed by atoms with Gasteiger partial charge < -0.3 is 10.2 Å². The maximum atomic E-state index is 12.8. The van der Waals surface area contributed by atoms with E-state index in [2.05, 4.69) is 48.5 Å². The highest BCUT2D eigenvalue weighted by Crippen LogP contribution is 2.78. The van der Waals surface area contributed by atoms with Crippen LogP contribution >= 0.6 is 0 Å². The molecule has 5 fully saturated rings. The molecule has 2 N–H and O–H groups in total. The number of aliphatic hydroxyl groups excluding tert-OH is 2. The molecule has 188 valence electrons. The molecule has 3 heteroatoms. The molecule has 3 nitrogen and oxygen atoms in total. The van der Waals surface area contributed by atoms with Crippen molar-refractivity contribution in [2.45, 2.75) is 119 Å². The van der Waals surface area contributed by atoms with Gasteiger partial charge in [-0.3, -0.25) is 4.79 Å². The SMILES string of the molecule is CC1C(=O)CCC2C3(C)CCC4(C)C5CC(C)(C)CCC5(C)CCC4(CO)C3CC(O)C12C. The molecule has 33 heavy (non-hydrogen) atoms. The molecule has 0 spiro atoms. The van der Waals surface area contributed by atoms with Crippen LogP contribution in [0.25, 0.3) is 0 Å². The number of ketones is 1. The highest BCUT2D eigenvalue weighted by molar-refractivity contribution is 5.82. The fourth-order valence-corrected chi connectivity index (χ4v) is 11.2. The van der Waals surface area contributed by atoms with Crippen molar-refractivity contribution in [2.75, 3.05) is 6.61 Å². The first-order chi connectivity index (χ1) is 15.2. The predicted molar refractivity (Wildman–Crippen MR) is 133 cm³/mol. The molecule has 5 aliphatic rings. The maximum absolute atomic E-state index is 12.8. The van der Waals surface area contributed by atoms with E-state index in [0.29, 0.717) is 40.8 Å². The van der Waals surface area contributed by atoms with E-state index in [1.54, 1.807) is 0 Å². The van der Waals surface area contributed by atoms with E-state index in [1.165, 1.54) is 38.5 Å². The molecule has 0 amide bonds. The number of fused-ring (bicyclic) bond motifs is 7. The third-order valence-corrected chi connectivity index (χ3v) is 13.8. The van der Waals surface area contributed by atoms with Crippen LogP contribution in [0.5, 0.6) is 0 Å². The number of hydrogen-bond donors (Lipinski definition) is 2. The highest BCUT2D eigenvalue weighted by atomic mass is 16.3. The molecule has 0 heterocycles. The van der Waals surface area contributed by atoms with Gasteiger partial charge in [-0.05, 0) is 97.2 Å². The Bertz CT molecular complexity index is 834. The van der Waals surface area contributed by atoms with E-state index in [1.807, 2.05) is 0 Å². The molecule has 5 rings (SSSR count). The van der Waals surface area contributed by atoms with E-state index >= 15 is 0 Å². The molecule has 0 aliphatic heterocycles. The van der Waals surface area contributed by atoms with Crippen molar-refractivity contribution in [1.82, 2.24) is 0 Å². The normalized spacial score (nSPS) is 58.0. The summed E-state index contributed by atoms with van der Waals surface area (Å²) < 4.78 is 0. The fourth-order valence-electron chi connectivity index (χ4n) is 11.2. The largest absolute Gasteiger partial charge is 0.396 e. The van der Waals surface area contributed by atoms with Crippen LogP contribution in [0.2, 0.25) is 0 Å². The number of carbonyl (C=O) groups is 1. The first kappa shape index (κ1) is 24.3. The summed E-state index contributed by atoms with van der Waals surface area (Å²) in [4.78, 5) is 12.8. The number of Topliss-reactive ketones (excluding diaryl/α,β-unsaturated/α-hetero) is 1.